The molecule has 2 heterocycles. The minimum atomic E-state index is 0.0223. The molecule has 0 saturated heterocycles. The number of benzene rings is 2. The quantitative estimate of drug-likeness (QED) is 0.284. The Hall–Kier alpha value is -3.06. The first-order valence-electron chi connectivity index (χ1n) is 10.7. The van der Waals surface area contributed by atoms with E-state index >= 15 is 0 Å². The van der Waals surface area contributed by atoms with Crippen LogP contribution in [0.5, 0.6) is 0 Å². The van der Waals surface area contributed by atoms with Crippen LogP contribution in [0.2, 0.25) is 0 Å². The number of unbranched alkanes of at least 4 members (excludes halogenated alkanes) is 2. The molecule has 0 radical (unpaired) electrons. The summed E-state index contributed by atoms with van der Waals surface area (Å²) in [5.41, 5.74) is 4.17. The number of para-hydroxylation sites is 2. The van der Waals surface area contributed by atoms with Gasteiger partial charge >= 0.3 is 0 Å². The van der Waals surface area contributed by atoms with Gasteiger partial charge in [0.05, 0.1) is 11.4 Å². The van der Waals surface area contributed by atoms with Crippen LogP contribution in [-0.2, 0) is 4.79 Å². The van der Waals surface area contributed by atoms with Crippen molar-refractivity contribution in [2.75, 3.05) is 12.3 Å². The fourth-order valence-corrected chi connectivity index (χ4v) is 4.38. The summed E-state index contributed by atoms with van der Waals surface area (Å²) in [5.74, 6) is 1.09. The monoisotopic (exact) mass is 433 g/mol. The number of nitrogens with one attached hydrogen (secondary N) is 2. The van der Waals surface area contributed by atoms with E-state index in [4.69, 9.17) is 0 Å². The molecule has 0 unspecified atom stereocenters. The Morgan fingerprint density at radius 2 is 1.90 bits per heavy atom. The van der Waals surface area contributed by atoms with Crippen molar-refractivity contribution in [3.8, 4) is 17.1 Å². The Labute approximate surface area is 186 Å². The number of nitrogens with zero attached hydrogens (tertiary/aromatic N) is 3. The molecule has 0 bridgehead atoms. The Kier molecular flexibility index (Phi) is 6.72. The van der Waals surface area contributed by atoms with Gasteiger partial charge in [0.25, 0.3) is 0 Å². The van der Waals surface area contributed by atoms with E-state index in [1.54, 1.807) is 0 Å². The highest BCUT2D eigenvalue weighted by atomic mass is 32.2. The van der Waals surface area contributed by atoms with Gasteiger partial charge in [-0.2, -0.15) is 0 Å². The molecule has 1 amide bonds. The highest BCUT2D eigenvalue weighted by Gasteiger charge is 2.20. The topological polar surface area (TPSA) is 75.6 Å². The zero-order valence-electron chi connectivity index (χ0n) is 17.9. The van der Waals surface area contributed by atoms with Gasteiger partial charge in [-0.25, -0.2) is 0 Å². The Bertz CT molecular complexity index is 1180. The molecule has 160 valence electrons. The number of rotatable bonds is 9. The first kappa shape index (κ1) is 21.2. The van der Waals surface area contributed by atoms with Crippen LogP contribution in [0.3, 0.4) is 0 Å². The lowest BCUT2D eigenvalue weighted by molar-refractivity contribution is -0.118. The summed E-state index contributed by atoms with van der Waals surface area (Å²) in [5, 5.41) is 13.8. The van der Waals surface area contributed by atoms with Crippen LogP contribution in [-0.4, -0.2) is 38.0 Å². The van der Waals surface area contributed by atoms with Crippen LogP contribution in [0.25, 0.3) is 28.0 Å². The lowest BCUT2D eigenvalue weighted by atomic mass is 10.1. The Morgan fingerprint density at radius 3 is 2.74 bits per heavy atom. The van der Waals surface area contributed by atoms with Crippen molar-refractivity contribution in [3.63, 3.8) is 0 Å². The van der Waals surface area contributed by atoms with Crippen molar-refractivity contribution in [1.29, 1.82) is 0 Å². The summed E-state index contributed by atoms with van der Waals surface area (Å²) in [6, 6.07) is 16.3. The maximum Gasteiger partial charge on any atom is 0.230 e. The van der Waals surface area contributed by atoms with Gasteiger partial charge in [0, 0.05) is 29.2 Å². The number of hydrogen-bond donors (Lipinski definition) is 2. The van der Waals surface area contributed by atoms with E-state index in [0.717, 1.165) is 59.3 Å². The fourth-order valence-electron chi connectivity index (χ4n) is 3.61. The molecule has 6 nitrogen and oxygen atoms in total. The SMILES string of the molecule is CCCCCNC(=O)CSc1nnc(-c2c[nH]c3ccccc23)n1-c1ccccc1C. The van der Waals surface area contributed by atoms with Gasteiger partial charge in [-0.3, -0.25) is 9.36 Å². The van der Waals surface area contributed by atoms with Gasteiger partial charge in [0.2, 0.25) is 5.91 Å². The molecule has 4 rings (SSSR count). The largest absolute Gasteiger partial charge is 0.360 e. The highest BCUT2D eigenvalue weighted by molar-refractivity contribution is 7.99. The number of carbonyl (C=O) groups is 1. The molecule has 0 aliphatic heterocycles. The normalized spacial score (nSPS) is 11.2. The average molecular weight is 434 g/mol. The lowest BCUT2D eigenvalue weighted by Crippen LogP contribution is -2.26. The van der Waals surface area contributed by atoms with Crippen molar-refractivity contribution < 1.29 is 4.79 Å². The average Bonchev–Trinajstić information content (AvgIpc) is 3.39. The number of aromatic nitrogens is 4. The van der Waals surface area contributed by atoms with Crippen LogP contribution in [0.1, 0.15) is 31.7 Å². The Morgan fingerprint density at radius 1 is 1.10 bits per heavy atom. The van der Waals surface area contributed by atoms with Crippen LogP contribution in [0, 0.1) is 6.92 Å². The van der Waals surface area contributed by atoms with E-state index in [2.05, 4.69) is 57.1 Å². The third kappa shape index (κ3) is 4.66. The van der Waals surface area contributed by atoms with Gasteiger partial charge in [-0.1, -0.05) is 67.9 Å². The summed E-state index contributed by atoms with van der Waals surface area (Å²) in [6.45, 7) is 4.95. The van der Waals surface area contributed by atoms with Crippen LogP contribution < -0.4 is 5.32 Å². The van der Waals surface area contributed by atoms with Crippen molar-refractivity contribution >= 4 is 28.6 Å². The molecule has 31 heavy (non-hydrogen) atoms. The summed E-state index contributed by atoms with van der Waals surface area (Å²) >= 11 is 1.41. The minimum absolute atomic E-state index is 0.0223. The summed E-state index contributed by atoms with van der Waals surface area (Å²) in [7, 11) is 0. The maximum atomic E-state index is 12.3. The molecule has 2 aromatic carbocycles. The van der Waals surface area contributed by atoms with Crippen molar-refractivity contribution in [2.45, 2.75) is 38.3 Å². The van der Waals surface area contributed by atoms with Gasteiger partial charge in [0.1, 0.15) is 0 Å². The molecule has 0 saturated carbocycles. The predicted octanol–water partition coefficient (Wildman–Crippen LogP) is 5.12. The Balaban J connectivity index is 1.65. The van der Waals surface area contributed by atoms with E-state index in [-0.39, 0.29) is 5.91 Å². The molecule has 4 aromatic rings. The summed E-state index contributed by atoms with van der Waals surface area (Å²) in [4.78, 5) is 15.6. The number of aryl methyl sites for hydroxylation is 1. The third-order valence-corrected chi connectivity index (χ3v) is 6.18. The predicted molar refractivity (Wildman–Crippen MR) is 127 cm³/mol. The zero-order chi connectivity index (χ0) is 21.6. The highest BCUT2D eigenvalue weighted by Crippen LogP contribution is 2.33. The van der Waals surface area contributed by atoms with Gasteiger partial charge < -0.3 is 10.3 Å². The first-order valence-corrected chi connectivity index (χ1v) is 11.6. The van der Waals surface area contributed by atoms with Crippen molar-refractivity contribution in [2.24, 2.45) is 0 Å². The number of thioether (sulfide) groups is 1. The molecule has 0 spiro atoms. The smallest absolute Gasteiger partial charge is 0.230 e. The summed E-state index contributed by atoms with van der Waals surface area (Å²) < 4.78 is 2.06. The maximum absolute atomic E-state index is 12.3. The molecule has 7 heteroatoms. The third-order valence-electron chi connectivity index (χ3n) is 5.25. The van der Waals surface area contributed by atoms with E-state index in [1.165, 1.54) is 11.8 Å². The molecule has 0 fully saturated rings. The number of H-pyrrole nitrogens is 1. The zero-order valence-corrected chi connectivity index (χ0v) is 18.7. The molecule has 2 aromatic heterocycles. The molecular formula is C24H27N5OS. The van der Waals surface area contributed by atoms with Crippen molar-refractivity contribution in [1.82, 2.24) is 25.1 Å². The molecule has 2 N–H and O–H groups in total. The van der Waals surface area contributed by atoms with Gasteiger partial charge in [-0.05, 0) is 31.0 Å². The van der Waals surface area contributed by atoms with Crippen molar-refractivity contribution in [3.05, 3.63) is 60.3 Å². The number of carbonyl (C=O) groups excluding carboxylic acids is 1. The van der Waals surface area contributed by atoms with Crippen LogP contribution in [0.15, 0.2) is 59.9 Å². The standard InChI is InChI=1S/C24H27N5OS/c1-3-4-9-14-25-22(30)16-31-24-28-27-23(29(24)21-13-8-5-10-17(21)2)19-15-26-20-12-7-6-11-18(19)20/h5-8,10-13,15,26H,3-4,9,14,16H2,1-2H3,(H,25,30). The second-order valence-electron chi connectivity index (χ2n) is 7.52. The van der Waals surface area contributed by atoms with E-state index in [0.29, 0.717) is 10.9 Å². The number of hydrogen-bond acceptors (Lipinski definition) is 4. The lowest BCUT2D eigenvalue weighted by Gasteiger charge is -2.12. The van der Waals surface area contributed by atoms with Crippen LogP contribution in [0.4, 0.5) is 0 Å². The minimum Gasteiger partial charge on any atom is -0.360 e. The summed E-state index contributed by atoms with van der Waals surface area (Å²) in [6.07, 6.45) is 5.25. The molecule has 0 aliphatic rings. The van der Waals surface area contributed by atoms with Gasteiger partial charge in [-0.15, -0.1) is 10.2 Å². The second kappa shape index (κ2) is 9.83. The number of amides is 1. The molecular weight excluding hydrogens is 406 g/mol. The molecule has 0 aliphatic carbocycles. The number of fused-ring (bicyclic) bond motifs is 1. The first-order chi connectivity index (χ1) is 15.2. The number of aromatic amines is 1. The van der Waals surface area contributed by atoms with E-state index in [1.807, 2.05) is 36.5 Å². The van der Waals surface area contributed by atoms with Gasteiger partial charge in [0.15, 0.2) is 11.0 Å². The van der Waals surface area contributed by atoms with Crippen LogP contribution >= 0.6 is 11.8 Å². The second-order valence-corrected chi connectivity index (χ2v) is 8.46. The van der Waals surface area contributed by atoms with E-state index in [9.17, 15) is 4.79 Å². The van der Waals surface area contributed by atoms with E-state index < -0.39 is 0 Å². The molecule has 0 atom stereocenters. The fraction of sp³-hybridized carbons (Fsp3) is 0.292.